The van der Waals surface area contributed by atoms with E-state index in [0.29, 0.717) is 6.54 Å². The van der Waals surface area contributed by atoms with E-state index in [1.165, 1.54) is 11.3 Å². The van der Waals surface area contributed by atoms with Crippen LogP contribution in [0, 0.1) is 0 Å². The first kappa shape index (κ1) is 10.9. The van der Waals surface area contributed by atoms with Crippen LogP contribution in [0.2, 0.25) is 0 Å². The van der Waals surface area contributed by atoms with Crippen LogP contribution >= 0.6 is 11.3 Å². The molecule has 0 saturated heterocycles. The normalized spacial score (nSPS) is 10.3. The molecular weight excluding hydrogens is 222 g/mol. The predicted octanol–water partition coefficient (Wildman–Crippen LogP) is 1.96. The van der Waals surface area contributed by atoms with Crippen LogP contribution in [0.15, 0.2) is 23.7 Å². The molecule has 0 spiro atoms. The largest absolute Gasteiger partial charge is 0.346 e. The van der Waals surface area contributed by atoms with Gasteiger partial charge in [0.2, 0.25) is 0 Å². The van der Waals surface area contributed by atoms with Crippen LogP contribution in [0.25, 0.3) is 0 Å². The fourth-order valence-electron chi connectivity index (χ4n) is 1.45. The zero-order valence-corrected chi connectivity index (χ0v) is 9.80. The van der Waals surface area contributed by atoms with Gasteiger partial charge in [0, 0.05) is 6.20 Å². The van der Waals surface area contributed by atoms with Gasteiger partial charge in [0.05, 0.1) is 17.1 Å². The molecule has 2 N–H and O–H groups in total. The zero-order chi connectivity index (χ0) is 11.4. The van der Waals surface area contributed by atoms with Crippen LogP contribution in [-0.2, 0) is 13.0 Å². The van der Waals surface area contributed by atoms with Crippen molar-refractivity contribution < 1.29 is 4.79 Å². The topological polar surface area (TPSA) is 57.8 Å². The van der Waals surface area contributed by atoms with Gasteiger partial charge in [-0.3, -0.25) is 9.89 Å². The first-order chi connectivity index (χ1) is 7.81. The quantitative estimate of drug-likeness (QED) is 0.851. The van der Waals surface area contributed by atoms with E-state index in [2.05, 4.69) is 15.5 Å². The number of hydrogen-bond acceptors (Lipinski definition) is 3. The van der Waals surface area contributed by atoms with Crippen LogP contribution in [0.1, 0.15) is 27.9 Å². The summed E-state index contributed by atoms with van der Waals surface area (Å²) in [5.41, 5.74) is 2.01. The molecule has 0 aliphatic heterocycles. The van der Waals surface area contributed by atoms with E-state index in [-0.39, 0.29) is 5.91 Å². The number of aromatic amines is 1. The molecule has 0 bridgehead atoms. The summed E-state index contributed by atoms with van der Waals surface area (Å²) < 4.78 is 0. The summed E-state index contributed by atoms with van der Waals surface area (Å²) in [5, 5.41) is 11.4. The van der Waals surface area contributed by atoms with E-state index >= 15 is 0 Å². The molecule has 0 unspecified atom stereocenters. The third kappa shape index (κ3) is 2.30. The maximum Gasteiger partial charge on any atom is 0.261 e. The Hall–Kier alpha value is -1.62. The number of H-pyrrole nitrogens is 1. The SMILES string of the molecule is CCc1ccsc1C(=O)NCc1ccn[nH]1. The van der Waals surface area contributed by atoms with Crippen molar-refractivity contribution in [2.24, 2.45) is 0 Å². The molecule has 0 atom stereocenters. The van der Waals surface area contributed by atoms with Gasteiger partial charge in [-0.2, -0.15) is 5.10 Å². The first-order valence-corrected chi connectivity index (χ1v) is 6.02. The highest BCUT2D eigenvalue weighted by Gasteiger charge is 2.11. The molecule has 2 heterocycles. The number of thiophene rings is 1. The molecular formula is C11H13N3OS. The average molecular weight is 235 g/mol. The molecule has 0 saturated carbocycles. The lowest BCUT2D eigenvalue weighted by atomic mass is 10.2. The predicted molar refractivity (Wildman–Crippen MR) is 63.5 cm³/mol. The van der Waals surface area contributed by atoms with Crippen molar-refractivity contribution in [3.8, 4) is 0 Å². The minimum atomic E-state index is -0.0125. The van der Waals surface area contributed by atoms with E-state index in [0.717, 1.165) is 22.6 Å². The van der Waals surface area contributed by atoms with Gasteiger partial charge in [-0.1, -0.05) is 6.92 Å². The Bertz CT molecular complexity index is 461. The van der Waals surface area contributed by atoms with Crippen molar-refractivity contribution in [2.75, 3.05) is 0 Å². The second-order valence-electron chi connectivity index (χ2n) is 3.39. The van der Waals surface area contributed by atoms with E-state index < -0.39 is 0 Å². The number of aromatic nitrogens is 2. The van der Waals surface area contributed by atoms with Crippen LogP contribution in [-0.4, -0.2) is 16.1 Å². The number of nitrogens with one attached hydrogen (secondary N) is 2. The van der Waals surface area contributed by atoms with Gasteiger partial charge in [-0.05, 0) is 29.5 Å². The molecule has 0 radical (unpaired) electrons. The van der Waals surface area contributed by atoms with Crippen LogP contribution < -0.4 is 5.32 Å². The fourth-order valence-corrected chi connectivity index (χ4v) is 2.36. The maximum atomic E-state index is 11.8. The summed E-state index contributed by atoms with van der Waals surface area (Å²) in [7, 11) is 0. The molecule has 2 aromatic rings. The molecule has 16 heavy (non-hydrogen) atoms. The van der Waals surface area contributed by atoms with E-state index in [1.54, 1.807) is 6.20 Å². The summed E-state index contributed by atoms with van der Waals surface area (Å²) in [6, 6.07) is 3.84. The minimum Gasteiger partial charge on any atom is -0.346 e. The smallest absolute Gasteiger partial charge is 0.261 e. The van der Waals surface area contributed by atoms with Crippen LogP contribution in [0.5, 0.6) is 0 Å². The Balaban J connectivity index is 1.98. The Morgan fingerprint density at radius 1 is 1.56 bits per heavy atom. The summed E-state index contributed by atoms with van der Waals surface area (Å²) in [6.07, 6.45) is 2.56. The fraction of sp³-hybridized carbons (Fsp3) is 0.273. The number of carbonyl (C=O) groups is 1. The molecule has 0 fully saturated rings. The number of aryl methyl sites for hydroxylation is 1. The van der Waals surface area contributed by atoms with Gasteiger partial charge in [-0.25, -0.2) is 0 Å². The second kappa shape index (κ2) is 4.94. The van der Waals surface area contributed by atoms with Crippen molar-refractivity contribution in [2.45, 2.75) is 19.9 Å². The number of hydrogen-bond donors (Lipinski definition) is 2. The highest BCUT2D eigenvalue weighted by atomic mass is 32.1. The minimum absolute atomic E-state index is 0.0125. The zero-order valence-electron chi connectivity index (χ0n) is 8.99. The lowest BCUT2D eigenvalue weighted by Gasteiger charge is -2.03. The number of amides is 1. The van der Waals surface area contributed by atoms with Gasteiger partial charge in [-0.15, -0.1) is 11.3 Å². The molecule has 2 rings (SSSR count). The highest BCUT2D eigenvalue weighted by molar-refractivity contribution is 7.12. The number of rotatable bonds is 4. The Morgan fingerprint density at radius 3 is 3.12 bits per heavy atom. The Morgan fingerprint density at radius 2 is 2.44 bits per heavy atom. The third-order valence-corrected chi connectivity index (χ3v) is 3.29. The van der Waals surface area contributed by atoms with Crippen molar-refractivity contribution in [1.82, 2.24) is 15.5 Å². The van der Waals surface area contributed by atoms with Crippen LogP contribution in [0.3, 0.4) is 0 Å². The lowest BCUT2D eigenvalue weighted by molar-refractivity contribution is 0.0953. The molecule has 0 aromatic carbocycles. The van der Waals surface area contributed by atoms with Crippen molar-refractivity contribution in [3.63, 3.8) is 0 Å². The van der Waals surface area contributed by atoms with Crippen molar-refractivity contribution in [3.05, 3.63) is 39.8 Å². The highest BCUT2D eigenvalue weighted by Crippen LogP contribution is 2.17. The maximum absolute atomic E-state index is 11.8. The molecule has 2 aromatic heterocycles. The summed E-state index contributed by atoms with van der Waals surface area (Å²) in [4.78, 5) is 12.7. The Kier molecular flexibility index (Phi) is 3.36. The number of carbonyl (C=O) groups excluding carboxylic acids is 1. The summed E-state index contributed by atoms with van der Waals surface area (Å²) >= 11 is 1.48. The van der Waals surface area contributed by atoms with Gasteiger partial charge in [0.1, 0.15) is 0 Å². The summed E-state index contributed by atoms with van der Waals surface area (Å²) in [5.74, 6) is -0.0125. The Labute approximate surface area is 97.7 Å². The van der Waals surface area contributed by atoms with Gasteiger partial charge in [0.15, 0.2) is 0 Å². The second-order valence-corrected chi connectivity index (χ2v) is 4.31. The molecule has 5 heteroatoms. The van der Waals surface area contributed by atoms with Crippen molar-refractivity contribution >= 4 is 17.2 Å². The molecule has 0 aliphatic carbocycles. The van der Waals surface area contributed by atoms with Gasteiger partial charge in [0.25, 0.3) is 5.91 Å². The number of nitrogens with zero attached hydrogens (tertiary/aromatic N) is 1. The average Bonchev–Trinajstić information content (AvgIpc) is 2.96. The standard InChI is InChI=1S/C11H13N3OS/c1-2-8-4-6-16-10(8)11(15)12-7-9-3-5-13-14-9/h3-6H,2,7H2,1H3,(H,12,15)(H,13,14). The van der Waals surface area contributed by atoms with E-state index in [4.69, 9.17) is 0 Å². The van der Waals surface area contributed by atoms with Crippen molar-refractivity contribution in [1.29, 1.82) is 0 Å². The molecule has 1 amide bonds. The third-order valence-electron chi connectivity index (χ3n) is 2.33. The molecule has 4 nitrogen and oxygen atoms in total. The molecule has 84 valence electrons. The first-order valence-electron chi connectivity index (χ1n) is 5.14. The van der Waals surface area contributed by atoms with Crippen LogP contribution in [0.4, 0.5) is 0 Å². The lowest BCUT2D eigenvalue weighted by Crippen LogP contribution is -2.22. The monoisotopic (exact) mass is 235 g/mol. The van der Waals surface area contributed by atoms with Gasteiger partial charge < -0.3 is 5.32 Å². The molecule has 0 aliphatic rings. The summed E-state index contributed by atoms with van der Waals surface area (Å²) in [6.45, 7) is 2.54. The van der Waals surface area contributed by atoms with E-state index in [1.807, 2.05) is 24.4 Å². The van der Waals surface area contributed by atoms with E-state index in [9.17, 15) is 4.79 Å². The van der Waals surface area contributed by atoms with Gasteiger partial charge >= 0.3 is 0 Å².